The first-order chi connectivity index (χ1) is 11.6. The number of halogens is 2. The number of nitrogen functional groups attached to an aromatic ring is 1. The third kappa shape index (κ3) is 2.26. The van der Waals surface area contributed by atoms with Gasteiger partial charge >= 0.3 is 0 Å². The maximum atomic E-state index is 6.19. The second-order valence-electron chi connectivity index (χ2n) is 5.60. The fourth-order valence-corrected chi connectivity index (χ4v) is 4.39. The lowest BCUT2D eigenvalue weighted by molar-refractivity contribution is 0.616. The van der Waals surface area contributed by atoms with Crippen molar-refractivity contribution in [3.05, 3.63) is 57.0 Å². The Kier molecular flexibility index (Phi) is 3.85. The van der Waals surface area contributed by atoms with E-state index in [2.05, 4.69) is 57.0 Å². The zero-order valence-electron chi connectivity index (χ0n) is 12.9. The van der Waals surface area contributed by atoms with Crippen molar-refractivity contribution in [3.8, 4) is 11.5 Å². The summed E-state index contributed by atoms with van der Waals surface area (Å²) < 4.78 is 7.80. The van der Waals surface area contributed by atoms with Crippen LogP contribution in [-0.4, -0.2) is 4.98 Å². The molecule has 0 bridgehead atoms. The number of nitrogens with zero attached hydrogens (tertiary/aromatic N) is 1. The van der Waals surface area contributed by atoms with Crippen molar-refractivity contribution in [3.63, 3.8) is 0 Å². The third-order valence-electron chi connectivity index (χ3n) is 4.22. The number of benzene rings is 3. The van der Waals surface area contributed by atoms with Gasteiger partial charge in [-0.05, 0) is 55.1 Å². The number of rotatable bonds is 2. The zero-order chi connectivity index (χ0) is 16.8. The van der Waals surface area contributed by atoms with E-state index in [0.717, 1.165) is 48.4 Å². The van der Waals surface area contributed by atoms with Crippen LogP contribution < -0.4 is 5.73 Å². The SMILES string of the molecule is CCc1c(Br)c(N)c(Br)c2nc(-c3cccc4ccccc34)oc12. The van der Waals surface area contributed by atoms with Crippen LogP contribution in [0.5, 0.6) is 0 Å². The molecule has 0 aliphatic rings. The van der Waals surface area contributed by atoms with E-state index in [9.17, 15) is 0 Å². The van der Waals surface area contributed by atoms with Gasteiger partial charge in [-0.2, -0.15) is 0 Å². The summed E-state index contributed by atoms with van der Waals surface area (Å²) in [6.45, 7) is 2.08. The average molecular weight is 446 g/mol. The van der Waals surface area contributed by atoms with Gasteiger partial charge in [-0.3, -0.25) is 0 Å². The molecule has 0 aliphatic heterocycles. The molecule has 5 heteroatoms. The average Bonchev–Trinajstić information content (AvgIpc) is 3.05. The highest BCUT2D eigenvalue weighted by molar-refractivity contribution is 9.11. The van der Waals surface area contributed by atoms with E-state index >= 15 is 0 Å². The quantitative estimate of drug-likeness (QED) is 0.367. The maximum Gasteiger partial charge on any atom is 0.227 e. The van der Waals surface area contributed by atoms with E-state index in [1.54, 1.807) is 0 Å². The number of oxazole rings is 1. The Labute approximate surface area is 156 Å². The number of aryl methyl sites for hydroxylation is 1. The second-order valence-corrected chi connectivity index (χ2v) is 7.18. The predicted molar refractivity (Wildman–Crippen MR) is 106 cm³/mol. The summed E-state index contributed by atoms with van der Waals surface area (Å²) in [4.78, 5) is 4.73. The van der Waals surface area contributed by atoms with Crippen molar-refractivity contribution in [1.29, 1.82) is 0 Å². The number of hydrogen-bond donors (Lipinski definition) is 1. The molecule has 0 atom stereocenters. The highest BCUT2D eigenvalue weighted by Gasteiger charge is 2.20. The lowest BCUT2D eigenvalue weighted by atomic mass is 10.0. The van der Waals surface area contributed by atoms with Crippen molar-refractivity contribution in [2.24, 2.45) is 0 Å². The van der Waals surface area contributed by atoms with Crippen LogP contribution in [0.2, 0.25) is 0 Å². The predicted octanol–water partition coefficient (Wildman–Crippen LogP) is 6.32. The molecule has 1 heterocycles. The van der Waals surface area contributed by atoms with Crippen molar-refractivity contribution >= 4 is 59.4 Å². The maximum absolute atomic E-state index is 6.19. The van der Waals surface area contributed by atoms with Gasteiger partial charge in [0.15, 0.2) is 5.58 Å². The zero-order valence-corrected chi connectivity index (χ0v) is 16.1. The Balaban J connectivity index is 2.07. The molecule has 0 saturated carbocycles. The minimum absolute atomic E-state index is 0.606. The number of aromatic nitrogens is 1. The van der Waals surface area contributed by atoms with E-state index < -0.39 is 0 Å². The standard InChI is InChI=1S/C19H14Br2N2O/c1-2-11-14(20)16(22)15(21)17-18(11)24-19(23-17)13-9-5-7-10-6-3-4-8-12(10)13/h3-9H,2,22H2,1H3. The molecule has 1 aromatic heterocycles. The molecule has 0 aliphatic carbocycles. The second kappa shape index (κ2) is 5.90. The van der Waals surface area contributed by atoms with Gasteiger partial charge in [0.25, 0.3) is 0 Å². The monoisotopic (exact) mass is 444 g/mol. The molecule has 4 aromatic rings. The lowest BCUT2D eigenvalue weighted by Gasteiger charge is -2.07. The molecular weight excluding hydrogens is 432 g/mol. The van der Waals surface area contributed by atoms with Gasteiger partial charge in [0.2, 0.25) is 5.89 Å². The van der Waals surface area contributed by atoms with Crippen LogP contribution in [0.1, 0.15) is 12.5 Å². The highest BCUT2D eigenvalue weighted by Crippen LogP contribution is 2.41. The summed E-state index contributed by atoms with van der Waals surface area (Å²) in [5, 5.41) is 2.28. The smallest absolute Gasteiger partial charge is 0.227 e. The van der Waals surface area contributed by atoms with Crippen LogP contribution >= 0.6 is 31.9 Å². The summed E-state index contributed by atoms with van der Waals surface area (Å²) in [7, 11) is 0. The summed E-state index contributed by atoms with van der Waals surface area (Å²) in [5.74, 6) is 0.606. The first-order valence-electron chi connectivity index (χ1n) is 7.65. The molecule has 0 unspecified atom stereocenters. The van der Waals surface area contributed by atoms with E-state index in [1.165, 1.54) is 0 Å². The number of fused-ring (bicyclic) bond motifs is 2. The van der Waals surface area contributed by atoms with E-state index in [0.29, 0.717) is 11.6 Å². The molecule has 0 amide bonds. The fourth-order valence-electron chi connectivity index (χ4n) is 3.00. The van der Waals surface area contributed by atoms with Crippen molar-refractivity contribution in [1.82, 2.24) is 4.98 Å². The van der Waals surface area contributed by atoms with Crippen LogP contribution in [0.3, 0.4) is 0 Å². The van der Waals surface area contributed by atoms with Crippen LogP contribution in [0.4, 0.5) is 5.69 Å². The highest BCUT2D eigenvalue weighted by atomic mass is 79.9. The first kappa shape index (κ1) is 15.7. The van der Waals surface area contributed by atoms with Gasteiger partial charge in [-0.15, -0.1) is 0 Å². The molecule has 24 heavy (non-hydrogen) atoms. The lowest BCUT2D eigenvalue weighted by Crippen LogP contribution is -1.94. The molecule has 0 fully saturated rings. The van der Waals surface area contributed by atoms with Crippen LogP contribution in [-0.2, 0) is 6.42 Å². The Morgan fingerprint density at radius 1 is 1.04 bits per heavy atom. The Morgan fingerprint density at radius 3 is 2.58 bits per heavy atom. The van der Waals surface area contributed by atoms with Gasteiger partial charge in [0, 0.05) is 15.6 Å². The number of nitrogens with two attached hydrogens (primary N) is 1. The minimum Gasteiger partial charge on any atom is -0.436 e. The van der Waals surface area contributed by atoms with E-state index in [-0.39, 0.29) is 0 Å². The van der Waals surface area contributed by atoms with Crippen LogP contribution in [0, 0.1) is 0 Å². The number of anilines is 1. The topological polar surface area (TPSA) is 52.0 Å². The largest absolute Gasteiger partial charge is 0.436 e. The normalized spacial score (nSPS) is 11.5. The Morgan fingerprint density at radius 2 is 1.79 bits per heavy atom. The third-order valence-corrected chi connectivity index (χ3v) is 5.93. The Hall–Kier alpha value is -1.85. The fraction of sp³-hybridized carbons (Fsp3) is 0.105. The molecule has 3 aromatic carbocycles. The van der Waals surface area contributed by atoms with E-state index in [4.69, 9.17) is 15.1 Å². The van der Waals surface area contributed by atoms with Crippen molar-refractivity contribution in [2.45, 2.75) is 13.3 Å². The minimum atomic E-state index is 0.606. The van der Waals surface area contributed by atoms with Gasteiger partial charge in [0.1, 0.15) is 5.52 Å². The van der Waals surface area contributed by atoms with Crippen molar-refractivity contribution < 1.29 is 4.42 Å². The van der Waals surface area contributed by atoms with Crippen molar-refractivity contribution in [2.75, 3.05) is 5.73 Å². The molecule has 120 valence electrons. The summed E-state index contributed by atoms with van der Waals surface area (Å²) in [6, 6.07) is 14.4. The van der Waals surface area contributed by atoms with Gasteiger partial charge in [-0.25, -0.2) is 4.98 Å². The van der Waals surface area contributed by atoms with Crippen LogP contribution in [0.15, 0.2) is 55.8 Å². The summed E-state index contributed by atoms with van der Waals surface area (Å²) in [6.07, 6.45) is 0.804. The molecule has 0 radical (unpaired) electrons. The van der Waals surface area contributed by atoms with Gasteiger partial charge in [-0.1, -0.05) is 43.3 Å². The van der Waals surface area contributed by atoms with E-state index in [1.807, 2.05) is 24.3 Å². The Bertz CT molecular complexity index is 1080. The molecule has 2 N–H and O–H groups in total. The number of hydrogen-bond acceptors (Lipinski definition) is 3. The molecular formula is C19H14Br2N2O. The van der Waals surface area contributed by atoms with Gasteiger partial charge < -0.3 is 10.2 Å². The van der Waals surface area contributed by atoms with Crippen LogP contribution in [0.25, 0.3) is 33.3 Å². The van der Waals surface area contributed by atoms with Gasteiger partial charge in [0.05, 0.1) is 10.2 Å². The molecule has 3 nitrogen and oxygen atoms in total. The molecule has 0 saturated heterocycles. The summed E-state index contributed by atoms with van der Waals surface area (Å²) in [5.41, 5.74) is 10.4. The first-order valence-corrected chi connectivity index (χ1v) is 9.24. The molecule has 4 rings (SSSR count). The summed E-state index contributed by atoms with van der Waals surface area (Å²) >= 11 is 7.13. The molecule has 0 spiro atoms.